The van der Waals surface area contributed by atoms with E-state index in [0.29, 0.717) is 0 Å². The first-order valence-corrected chi connectivity index (χ1v) is 17.8. The van der Waals surface area contributed by atoms with Gasteiger partial charge < -0.3 is 8.83 Å². The molecule has 52 heavy (non-hydrogen) atoms. The van der Waals surface area contributed by atoms with Crippen LogP contribution in [0, 0.1) is 0 Å². The molecule has 11 rings (SSSR count). The summed E-state index contributed by atoms with van der Waals surface area (Å²) in [6.45, 7) is 0. The van der Waals surface area contributed by atoms with Crippen molar-refractivity contribution < 1.29 is 8.83 Å². The van der Waals surface area contributed by atoms with Crippen LogP contribution in [0.3, 0.4) is 0 Å². The van der Waals surface area contributed by atoms with Crippen LogP contribution in [0.2, 0.25) is 0 Å². The Morgan fingerprint density at radius 1 is 0.250 bits per heavy atom. The van der Waals surface area contributed by atoms with Crippen molar-refractivity contribution in [2.75, 3.05) is 0 Å². The van der Waals surface area contributed by atoms with Crippen molar-refractivity contribution in [2.45, 2.75) is 0 Å². The van der Waals surface area contributed by atoms with Gasteiger partial charge in [0.05, 0.1) is 0 Å². The minimum absolute atomic E-state index is 0.907. The molecule has 0 radical (unpaired) electrons. The number of fused-ring (bicyclic) bond motifs is 8. The van der Waals surface area contributed by atoms with Gasteiger partial charge in [0.2, 0.25) is 0 Å². The van der Waals surface area contributed by atoms with Gasteiger partial charge in [-0.1, -0.05) is 152 Å². The van der Waals surface area contributed by atoms with Crippen molar-refractivity contribution in [3.63, 3.8) is 0 Å². The van der Waals surface area contributed by atoms with E-state index in [0.717, 1.165) is 43.9 Å². The zero-order chi connectivity index (χ0) is 34.2. The first-order chi connectivity index (χ1) is 25.8. The summed E-state index contributed by atoms with van der Waals surface area (Å²) >= 11 is 0. The smallest absolute Gasteiger partial charge is 0.136 e. The highest BCUT2D eigenvalue weighted by molar-refractivity contribution is 6.25. The third-order valence-electron chi connectivity index (χ3n) is 10.7. The Balaban J connectivity index is 1.08. The van der Waals surface area contributed by atoms with E-state index in [1.807, 2.05) is 18.2 Å². The highest BCUT2D eigenvalue weighted by Crippen LogP contribution is 2.47. The highest BCUT2D eigenvalue weighted by atomic mass is 16.3. The third-order valence-corrected chi connectivity index (χ3v) is 10.7. The number of benzene rings is 9. The van der Waals surface area contributed by atoms with E-state index in [2.05, 4.69) is 164 Å². The first-order valence-electron chi connectivity index (χ1n) is 17.8. The maximum absolute atomic E-state index is 6.34. The summed E-state index contributed by atoms with van der Waals surface area (Å²) in [5.41, 5.74) is 13.3. The van der Waals surface area contributed by atoms with Crippen molar-refractivity contribution >= 4 is 65.4 Å². The zero-order valence-electron chi connectivity index (χ0n) is 28.1. The second-order valence-corrected chi connectivity index (χ2v) is 13.6. The molecule has 0 aliphatic heterocycles. The van der Waals surface area contributed by atoms with Crippen molar-refractivity contribution in [2.24, 2.45) is 0 Å². The third kappa shape index (κ3) is 4.31. The van der Waals surface area contributed by atoms with Crippen LogP contribution >= 0.6 is 0 Å². The standard InChI is InChI=1S/C50H30O2/c1-2-13-35(33-28-29-46-43(30-33)36-14-7-9-21-44(36)51-46)34(12-1)31-24-26-32(27-25-31)48-37-15-3-5-17-39(37)49(40-18-6-4-16-38(40)48)42-20-11-23-47-50(42)41-19-8-10-22-45(41)52-47/h1-30H. The number of rotatable bonds is 4. The Kier molecular flexibility index (Phi) is 6.28. The van der Waals surface area contributed by atoms with Gasteiger partial charge in [-0.25, -0.2) is 0 Å². The lowest BCUT2D eigenvalue weighted by molar-refractivity contribution is 0.668. The summed E-state index contributed by atoms with van der Waals surface area (Å²) in [4.78, 5) is 0. The Hall–Kier alpha value is -6.90. The van der Waals surface area contributed by atoms with Gasteiger partial charge in [-0.3, -0.25) is 0 Å². The summed E-state index contributed by atoms with van der Waals surface area (Å²) < 4.78 is 12.5. The van der Waals surface area contributed by atoms with Gasteiger partial charge in [-0.15, -0.1) is 0 Å². The molecular formula is C50H30O2. The fourth-order valence-corrected chi connectivity index (χ4v) is 8.41. The van der Waals surface area contributed by atoms with Crippen molar-refractivity contribution in [1.29, 1.82) is 0 Å². The van der Waals surface area contributed by atoms with Gasteiger partial charge in [0.15, 0.2) is 0 Å². The van der Waals surface area contributed by atoms with Crippen molar-refractivity contribution in [1.82, 2.24) is 0 Å². The van der Waals surface area contributed by atoms with Crippen LogP contribution in [0.5, 0.6) is 0 Å². The van der Waals surface area contributed by atoms with E-state index in [4.69, 9.17) is 8.83 Å². The number of hydrogen-bond donors (Lipinski definition) is 0. The zero-order valence-corrected chi connectivity index (χ0v) is 28.1. The fourth-order valence-electron chi connectivity index (χ4n) is 8.41. The molecule has 2 heteroatoms. The maximum Gasteiger partial charge on any atom is 0.136 e. The maximum atomic E-state index is 6.34. The average molecular weight is 663 g/mol. The van der Waals surface area contributed by atoms with Gasteiger partial charge in [-0.2, -0.15) is 0 Å². The van der Waals surface area contributed by atoms with E-state index in [1.165, 1.54) is 66.1 Å². The number of hydrogen-bond acceptors (Lipinski definition) is 2. The molecule has 0 aliphatic rings. The van der Waals surface area contributed by atoms with Gasteiger partial charge in [0.25, 0.3) is 0 Å². The largest absolute Gasteiger partial charge is 0.456 e. The average Bonchev–Trinajstić information content (AvgIpc) is 3.78. The van der Waals surface area contributed by atoms with Crippen LogP contribution in [-0.4, -0.2) is 0 Å². The monoisotopic (exact) mass is 662 g/mol. The topological polar surface area (TPSA) is 26.3 Å². The highest BCUT2D eigenvalue weighted by Gasteiger charge is 2.20. The van der Waals surface area contributed by atoms with E-state index < -0.39 is 0 Å². The van der Waals surface area contributed by atoms with Crippen LogP contribution in [0.4, 0.5) is 0 Å². The lowest BCUT2D eigenvalue weighted by atomic mass is 9.84. The summed E-state index contributed by atoms with van der Waals surface area (Å²) in [5, 5.41) is 9.49. The molecule has 2 heterocycles. The molecule has 0 N–H and O–H groups in total. The molecule has 0 fully saturated rings. The Bertz CT molecular complexity index is 3120. The molecule has 0 saturated carbocycles. The van der Waals surface area contributed by atoms with Crippen LogP contribution < -0.4 is 0 Å². The molecule has 0 spiro atoms. The van der Waals surface area contributed by atoms with Crippen LogP contribution in [0.15, 0.2) is 191 Å². The summed E-state index contributed by atoms with van der Waals surface area (Å²) in [6, 6.07) is 65.1. The minimum atomic E-state index is 0.907. The Morgan fingerprint density at radius 3 is 1.38 bits per heavy atom. The molecular weight excluding hydrogens is 633 g/mol. The molecule has 2 nitrogen and oxygen atoms in total. The quantitative estimate of drug-likeness (QED) is 0.175. The second kappa shape index (κ2) is 11.3. The van der Waals surface area contributed by atoms with Crippen LogP contribution in [0.25, 0.3) is 110 Å². The molecule has 0 unspecified atom stereocenters. The van der Waals surface area contributed by atoms with E-state index in [1.54, 1.807) is 0 Å². The SMILES string of the molecule is c1ccc(-c2ccc3oc4ccccc4c3c2)c(-c2ccc(-c3c4ccccc4c(-c4cccc5oc6ccccc6c45)c4ccccc34)cc2)c1. The molecule has 0 atom stereocenters. The first kappa shape index (κ1) is 28.9. The van der Waals surface area contributed by atoms with Crippen molar-refractivity contribution in [3.05, 3.63) is 182 Å². The van der Waals surface area contributed by atoms with Crippen LogP contribution in [-0.2, 0) is 0 Å². The second-order valence-electron chi connectivity index (χ2n) is 13.6. The van der Waals surface area contributed by atoms with Gasteiger partial charge in [0, 0.05) is 21.5 Å². The van der Waals surface area contributed by atoms with Gasteiger partial charge in [0.1, 0.15) is 22.3 Å². The number of para-hydroxylation sites is 2. The molecule has 11 aromatic rings. The lowest BCUT2D eigenvalue weighted by Gasteiger charge is -2.18. The lowest BCUT2D eigenvalue weighted by Crippen LogP contribution is -1.91. The Labute approximate surface area is 299 Å². The fraction of sp³-hybridized carbons (Fsp3) is 0. The summed E-state index contributed by atoms with van der Waals surface area (Å²) in [5.74, 6) is 0. The minimum Gasteiger partial charge on any atom is -0.456 e. The molecule has 0 aliphatic carbocycles. The molecule has 0 amide bonds. The van der Waals surface area contributed by atoms with E-state index in [9.17, 15) is 0 Å². The molecule has 242 valence electrons. The predicted octanol–water partition coefficient (Wildman–Crippen LogP) is 14.5. The molecule has 9 aromatic carbocycles. The Morgan fingerprint density at radius 2 is 0.692 bits per heavy atom. The van der Waals surface area contributed by atoms with E-state index in [-0.39, 0.29) is 0 Å². The molecule has 2 aromatic heterocycles. The summed E-state index contributed by atoms with van der Waals surface area (Å²) in [6.07, 6.45) is 0. The summed E-state index contributed by atoms with van der Waals surface area (Å²) in [7, 11) is 0. The van der Waals surface area contributed by atoms with Gasteiger partial charge >= 0.3 is 0 Å². The normalized spacial score (nSPS) is 11.8. The van der Waals surface area contributed by atoms with Gasteiger partial charge in [-0.05, 0) is 96.4 Å². The predicted molar refractivity (Wildman–Crippen MR) is 218 cm³/mol. The van der Waals surface area contributed by atoms with Crippen molar-refractivity contribution in [3.8, 4) is 44.5 Å². The van der Waals surface area contributed by atoms with E-state index >= 15 is 0 Å². The van der Waals surface area contributed by atoms with Crippen LogP contribution in [0.1, 0.15) is 0 Å². The molecule has 0 bridgehead atoms. The molecule has 0 saturated heterocycles. The number of furan rings is 2.